The third-order valence-corrected chi connectivity index (χ3v) is 7.72. The van der Waals surface area contributed by atoms with Gasteiger partial charge < -0.3 is 14.2 Å². The number of hydrogen-bond donors (Lipinski definition) is 0. The topological polar surface area (TPSA) is 51.5 Å². The normalized spacial score (nSPS) is 14.9. The molecule has 0 unspecified atom stereocenters. The Morgan fingerprint density at radius 2 is 1.68 bits per heavy atom. The van der Waals surface area contributed by atoms with Crippen molar-refractivity contribution in [1.82, 2.24) is 9.47 Å². The molecule has 6 heteroatoms. The van der Waals surface area contributed by atoms with Crippen LogP contribution in [0.4, 0.5) is 4.39 Å². The van der Waals surface area contributed by atoms with Gasteiger partial charge in [0.15, 0.2) is 0 Å². The number of aromatic nitrogens is 1. The summed E-state index contributed by atoms with van der Waals surface area (Å²) in [7, 11) is 1.88. The lowest BCUT2D eigenvalue weighted by Gasteiger charge is -2.33. The minimum atomic E-state index is -0.311. The van der Waals surface area contributed by atoms with E-state index < -0.39 is 0 Å². The molecule has 0 bridgehead atoms. The first kappa shape index (κ1) is 25.7. The van der Waals surface area contributed by atoms with Crippen molar-refractivity contribution in [2.45, 2.75) is 51.1 Å². The Bertz CT molecular complexity index is 1390. The molecule has 4 aromatic rings. The molecule has 196 valence electrons. The average molecular weight is 513 g/mol. The first-order chi connectivity index (χ1) is 18.5. The quantitative estimate of drug-likeness (QED) is 0.277. The van der Waals surface area contributed by atoms with Crippen LogP contribution in [0.15, 0.2) is 78.9 Å². The highest BCUT2D eigenvalue weighted by molar-refractivity contribution is 5.88. The highest BCUT2D eigenvalue weighted by Gasteiger charge is 2.31. The smallest absolute Gasteiger partial charge is 0.325 e. The Hall–Kier alpha value is -3.93. The van der Waals surface area contributed by atoms with Crippen LogP contribution in [0.25, 0.3) is 10.9 Å². The Kier molecular flexibility index (Phi) is 7.59. The van der Waals surface area contributed by atoms with Gasteiger partial charge in [-0.25, -0.2) is 4.39 Å². The van der Waals surface area contributed by atoms with E-state index >= 15 is 0 Å². The van der Waals surface area contributed by atoms with Crippen LogP contribution < -0.4 is 0 Å². The fourth-order valence-corrected chi connectivity index (χ4v) is 5.77. The number of hydrogen-bond acceptors (Lipinski definition) is 3. The molecular weight excluding hydrogens is 479 g/mol. The van der Waals surface area contributed by atoms with E-state index in [0.29, 0.717) is 25.9 Å². The SMILES string of the molecule is CCOC(=O)Cn1c2c(c3cc(F)ccc31)C[C@@H](N(C)C(=O)CC(c1ccccc1)c1ccccc1)CC2. The number of carbonyl (C=O) groups excluding carboxylic acids is 2. The molecule has 1 aliphatic carbocycles. The van der Waals surface area contributed by atoms with Crippen LogP contribution in [0.2, 0.25) is 0 Å². The zero-order valence-electron chi connectivity index (χ0n) is 21.9. The molecule has 38 heavy (non-hydrogen) atoms. The van der Waals surface area contributed by atoms with Crippen molar-refractivity contribution in [2.24, 2.45) is 0 Å². The van der Waals surface area contributed by atoms with Crippen molar-refractivity contribution in [2.75, 3.05) is 13.7 Å². The molecule has 0 saturated carbocycles. The monoisotopic (exact) mass is 512 g/mol. The van der Waals surface area contributed by atoms with Crippen molar-refractivity contribution in [1.29, 1.82) is 0 Å². The summed E-state index contributed by atoms with van der Waals surface area (Å²) in [5.74, 6) is -0.572. The third kappa shape index (κ3) is 5.21. The van der Waals surface area contributed by atoms with Gasteiger partial charge >= 0.3 is 5.97 Å². The number of rotatable bonds is 8. The molecule has 0 radical (unpaired) electrons. The van der Waals surface area contributed by atoms with Gasteiger partial charge in [0.25, 0.3) is 0 Å². The molecule has 0 spiro atoms. The summed E-state index contributed by atoms with van der Waals surface area (Å²) in [6.45, 7) is 2.20. The molecule has 5 nitrogen and oxygen atoms in total. The van der Waals surface area contributed by atoms with Crippen LogP contribution in [0, 0.1) is 5.82 Å². The summed E-state index contributed by atoms with van der Waals surface area (Å²) < 4.78 is 21.4. The van der Waals surface area contributed by atoms with Crippen molar-refractivity contribution >= 4 is 22.8 Å². The van der Waals surface area contributed by atoms with E-state index in [2.05, 4.69) is 24.3 Å². The number of esters is 1. The molecule has 0 aliphatic heterocycles. The van der Waals surface area contributed by atoms with Gasteiger partial charge in [-0.05, 0) is 61.1 Å². The summed E-state index contributed by atoms with van der Waals surface area (Å²) >= 11 is 0. The molecule has 5 rings (SSSR count). The molecule has 1 aliphatic rings. The summed E-state index contributed by atoms with van der Waals surface area (Å²) in [5.41, 5.74) is 5.10. The van der Waals surface area contributed by atoms with E-state index in [0.717, 1.165) is 39.7 Å². The third-order valence-electron chi connectivity index (χ3n) is 7.72. The summed E-state index contributed by atoms with van der Waals surface area (Å²) in [6.07, 6.45) is 2.47. The maximum absolute atomic E-state index is 14.3. The summed E-state index contributed by atoms with van der Waals surface area (Å²) in [6, 6.07) is 25.0. The Balaban J connectivity index is 1.40. The van der Waals surface area contributed by atoms with Crippen molar-refractivity contribution in [3.05, 3.63) is 107 Å². The number of likely N-dealkylation sites (N-methyl/N-ethyl adjacent to an activating group) is 1. The first-order valence-corrected chi connectivity index (χ1v) is 13.3. The first-order valence-electron chi connectivity index (χ1n) is 13.3. The van der Waals surface area contributed by atoms with E-state index in [-0.39, 0.29) is 36.2 Å². The van der Waals surface area contributed by atoms with Gasteiger partial charge in [0, 0.05) is 42.0 Å². The molecule has 1 amide bonds. The second-order valence-corrected chi connectivity index (χ2v) is 9.96. The lowest BCUT2D eigenvalue weighted by molar-refractivity contribution is -0.143. The maximum Gasteiger partial charge on any atom is 0.325 e. The number of ether oxygens (including phenoxy) is 1. The van der Waals surface area contributed by atoms with E-state index in [4.69, 9.17) is 4.74 Å². The van der Waals surface area contributed by atoms with Crippen LogP contribution in [0.3, 0.4) is 0 Å². The lowest BCUT2D eigenvalue weighted by Crippen LogP contribution is -2.41. The number of fused-ring (bicyclic) bond motifs is 3. The van der Waals surface area contributed by atoms with Crippen LogP contribution in [0.5, 0.6) is 0 Å². The summed E-state index contributed by atoms with van der Waals surface area (Å²) in [4.78, 5) is 27.9. The van der Waals surface area contributed by atoms with E-state index in [1.165, 1.54) is 6.07 Å². The van der Waals surface area contributed by atoms with Crippen LogP contribution >= 0.6 is 0 Å². The van der Waals surface area contributed by atoms with Gasteiger partial charge in [0.1, 0.15) is 12.4 Å². The zero-order valence-corrected chi connectivity index (χ0v) is 21.9. The van der Waals surface area contributed by atoms with Crippen molar-refractivity contribution < 1.29 is 18.7 Å². The molecule has 0 fully saturated rings. The minimum Gasteiger partial charge on any atom is -0.465 e. The maximum atomic E-state index is 14.3. The minimum absolute atomic E-state index is 0.00731. The fourth-order valence-electron chi connectivity index (χ4n) is 5.77. The number of nitrogens with zero attached hydrogens (tertiary/aromatic N) is 2. The van der Waals surface area contributed by atoms with Gasteiger partial charge in [0.2, 0.25) is 5.91 Å². The number of halogens is 1. The molecule has 1 atom stereocenters. The van der Waals surface area contributed by atoms with E-state index in [1.54, 1.807) is 19.1 Å². The molecule has 0 N–H and O–H groups in total. The van der Waals surface area contributed by atoms with Gasteiger partial charge in [-0.1, -0.05) is 60.7 Å². The van der Waals surface area contributed by atoms with Crippen LogP contribution in [-0.4, -0.2) is 41.0 Å². The molecule has 0 saturated heterocycles. The second-order valence-electron chi connectivity index (χ2n) is 9.96. The predicted molar refractivity (Wildman–Crippen MR) is 146 cm³/mol. The van der Waals surface area contributed by atoms with Crippen LogP contribution in [0.1, 0.15) is 48.1 Å². The standard InChI is InChI=1S/C32H33FN2O3/c1-3-38-32(37)21-35-29-16-14-24(33)18-27(29)28-19-25(15-17-30(28)35)34(2)31(36)20-26(22-10-6-4-7-11-22)23-12-8-5-9-13-23/h4-14,16,18,25-26H,3,15,17,19-21H2,1-2H3/t25-/m0/s1. The van der Waals surface area contributed by atoms with Crippen molar-refractivity contribution in [3.8, 4) is 0 Å². The lowest BCUT2D eigenvalue weighted by atomic mass is 9.87. The summed E-state index contributed by atoms with van der Waals surface area (Å²) in [5, 5.41) is 0.807. The Morgan fingerprint density at radius 1 is 1.03 bits per heavy atom. The van der Waals surface area contributed by atoms with Crippen molar-refractivity contribution in [3.63, 3.8) is 0 Å². The largest absolute Gasteiger partial charge is 0.465 e. The van der Waals surface area contributed by atoms with Gasteiger partial charge in [-0.3, -0.25) is 9.59 Å². The highest BCUT2D eigenvalue weighted by atomic mass is 19.1. The number of amides is 1. The van der Waals surface area contributed by atoms with E-state index in [9.17, 15) is 14.0 Å². The fraction of sp³-hybridized carbons (Fsp3) is 0.312. The van der Waals surface area contributed by atoms with Crippen LogP contribution in [-0.2, 0) is 33.7 Å². The van der Waals surface area contributed by atoms with Gasteiger partial charge in [0.05, 0.1) is 6.61 Å². The highest BCUT2D eigenvalue weighted by Crippen LogP contribution is 2.35. The zero-order chi connectivity index (χ0) is 26.6. The Labute approximate surface area is 222 Å². The van der Waals surface area contributed by atoms with E-state index in [1.807, 2.05) is 52.9 Å². The molecule has 3 aromatic carbocycles. The van der Waals surface area contributed by atoms with Gasteiger partial charge in [-0.2, -0.15) is 0 Å². The number of carbonyl (C=O) groups is 2. The second kappa shape index (κ2) is 11.2. The molecular formula is C32H33FN2O3. The molecule has 1 aromatic heterocycles. The average Bonchev–Trinajstić information content (AvgIpc) is 3.24. The Morgan fingerprint density at radius 3 is 2.32 bits per heavy atom. The predicted octanol–water partition coefficient (Wildman–Crippen LogP) is 5.88. The van der Waals surface area contributed by atoms with Gasteiger partial charge in [-0.15, -0.1) is 0 Å². The number of benzene rings is 3. The molecule has 1 heterocycles.